The summed E-state index contributed by atoms with van der Waals surface area (Å²) in [5, 5.41) is 33.0. The van der Waals surface area contributed by atoms with Crippen molar-refractivity contribution in [2.45, 2.75) is 12.3 Å². The Morgan fingerprint density at radius 3 is 2.68 bits per heavy atom. The second-order valence-corrected chi connectivity index (χ2v) is 6.20. The van der Waals surface area contributed by atoms with Gasteiger partial charge in [0.1, 0.15) is 0 Å². The van der Waals surface area contributed by atoms with Crippen molar-refractivity contribution in [3.8, 4) is 11.5 Å². The molecule has 0 radical (unpaired) electrons. The molecule has 1 aliphatic heterocycles. The zero-order valence-corrected chi connectivity index (χ0v) is 13.7. The summed E-state index contributed by atoms with van der Waals surface area (Å²) in [7, 11) is 0. The topological polar surface area (TPSA) is 63.9 Å². The van der Waals surface area contributed by atoms with Gasteiger partial charge in [0.2, 0.25) is 0 Å². The Kier molecular flexibility index (Phi) is 5.69. The molecular weight excluding hydrogens is 322 g/mol. The molecule has 1 aliphatic rings. The van der Waals surface area contributed by atoms with Crippen LogP contribution in [0.25, 0.3) is 0 Å². The van der Waals surface area contributed by atoms with E-state index in [1.165, 1.54) is 5.56 Å². The third-order valence-electron chi connectivity index (χ3n) is 4.11. The zero-order chi connectivity index (χ0) is 14.8. The Labute approximate surface area is 140 Å². The zero-order valence-electron chi connectivity index (χ0n) is 12.1. The number of hydrogen-bond acceptors (Lipinski definition) is 5. The first-order valence-corrected chi connectivity index (χ1v) is 8.03. The number of hydrogen-bond donors (Lipinski definition) is 3. The molecule has 1 aromatic heterocycles. The summed E-state index contributed by atoms with van der Waals surface area (Å²) >= 11 is 1.66. The molecule has 4 nitrogen and oxygen atoms in total. The van der Waals surface area contributed by atoms with E-state index >= 15 is 0 Å². The summed E-state index contributed by atoms with van der Waals surface area (Å²) in [6, 6.07) is 5.47. The van der Waals surface area contributed by atoms with Crippen LogP contribution in [-0.4, -0.2) is 46.5 Å². The molecule has 0 bridgehead atoms. The van der Waals surface area contributed by atoms with E-state index in [1.54, 1.807) is 23.5 Å². The highest BCUT2D eigenvalue weighted by molar-refractivity contribution is 7.08. The highest BCUT2D eigenvalue weighted by Crippen LogP contribution is 2.38. The fourth-order valence-electron chi connectivity index (χ4n) is 3.01. The van der Waals surface area contributed by atoms with Crippen molar-refractivity contribution in [3.63, 3.8) is 0 Å². The van der Waals surface area contributed by atoms with Crippen LogP contribution < -0.4 is 0 Å². The number of rotatable bonds is 3. The van der Waals surface area contributed by atoms with Crippen molar-refractivity contribution in [3.05, 3.63) is 45.6 Å². The van der Waals surface area contributed by atoms with Gasteiger partial charge >= 0.3 is 0 Å². The number of aliphatic hydroxyl groups excluding tert-OH is 1. The molecule has 0 fully saturated rings. The van der Waals surface area contributed by atoms with Crippen molar-refractivity contribution < 1.29 is 15.3 Å². The van der Waals surface area contributed by atoms with Crippen molar-refractivity contribution in [2.75, 3.05) is 26.2 Å². The molecule has 6 heteroatoms. The standard InChI is InChI=1S/C16H19NO3S.ClH/c18-5-4-17-3-1-11-7-15(19)16(20)8-13(11)14(9-17)12-2-6-21-10-12;/h2,6-8,10,14,18-20H,1,3-5,9H2;1H. The molecule has 3 rings (SSSR count). The van der Waals surface area contributed by atoms with Crippen LogP contribution in [0.1, 0.15) is 22.6 Å². The number of halogens is 1. The first-order valence-electron chi connectivity index (χ1n) is 7.09. The number of phenolic OH excluding ortho intramolecular Hbond substituents is 2. The fourth-order valence-corrected chi connectivity index (χ4v) is 3.72. The normalized spacial score (nSPS) is 18.3. The first kappa shape index (κ1) is 17.1. The lowest BCUT2D eigenvalue weighted by molar-refractivity contribution is 0.197. The fraction of sp³-hybridized carbons (Fsp3) is 0.375. The second kappa shape index (κ2) is 7.33. The van der Waals surface area contributed by atoms with Crippen LogP contribution in [0.15, 0.2) is 29.0 Å². The van der Waals surface area contributed by atoms with Crippen LogP contribution in [0.5, 0.6) is 11.5 Å². The van der Waals surface area contributed by atoms with Gasteiger partial charge in [0, 0.05) is 25.6 Å². The number of nitrogens with zero attached hydrogens (tertiary/aromatic N) is 1. The Morgan fingerprint density at radius 2 is 2.00 bits per heavy atom. The quantitative estimate of drug-likeness (QED) is 0.751. The molecule has 3 N–H and O–H groups in total. The summed E-state index contributed by atoms with van der Waals surface area (Å²) in [5.41, 5.74) is 3.36. The molecule has 1 aromatic carbocycles. The van der Waals surface area contributed by atoms with Gasteiger partial charge in [-0.15, -0.1) is 12.4 Å². The summed E-state index contributed by atoms with van der Waals surface area (Å²) in [4.78, 5) is 2.23. The van der Waals surface area contributed by atoms with E-state index in [2.05, 4.69) is 21.7 Å². The van der Waals surface area contributed by atoms with E-state index in [-0.39, 0.29) is 36.4 Å². The van der Waals surface area contributed by atoms with E-state index in [9.17, 15) is 15.3 Å². The second-order valence-electron chi connectivity index (χ2n) is 5.42. The number of benzene rings is 1. The predicted octanol–water partition coefficient (Wildman–Crippen LogP) is 2.56. The smallest absolute Gasteiger partial charge is 0.157 e. The Morgan fingerprint density at radius 1 is 1.23 bits per heavy atom. The maximum Gasteiger partial charge on any atom is 0.157 e. The first-order chi connectivity index (χ1) is 10.2. The minimum Gasteiger partial charge on any atom is -0.504 e. The maximum atomic E-state index is 9.85. The molecular formula is C16H20ClNO3S. The SMILES string of the molecule is Cl.OCCN1CCc2cc(O)c(O)cc2C(c2ccsc2)C1. The summed E-state index contributed by atoms with van der Waals surface area (Å²) in [5.74, 6) is 0.0322. The lowest BCUT2D eigenvalue weighted by Crippen LogP contribution is -2.31. The number of aliphatic hydroxyl groups is 1. The van der Waals surface area contributed by atoms with E-state index in [0.29, 0.717) is 6.54 Å². The summed E-state index contributed by atoms with van der Waals surface area (Å²) in [6.45, 7) is 2.45. The molecule has 120 valence electrons. The van der Waals surface area contributed by atoms with Gasteiger partial charge in [0.25, 0.3) is 0 Å². The number of aromatic hydroxyl groups is 2. The molecule has 0 aliphatic carbocycles. The molecule has 22 heavy (non-hydrogen) atoms. The highest BCUT2D eigenvalue weighted by atomic mass is 35.5. The van der Waals surface area contributed by atoms with Crippen molar-refractivity contribution in [1.29, 1.82) is 0 Å². The molecule has 0 saturated heterocycles. The van der Waals surface area contributed by atoms with E-state index in [4.69, 9.17) is 0 Å². The molecule has 0 amide bonds. The minimum atomic E-state index is -0.0652. The monoisotopic (exact) mass is 341 g/mol. The number of fused-ring (bicyclic) bond motifs is 1. The average Bonchev–Trinajstić information content (AvgIpc) is 2.94. The van der Waals surface area contributed by atoms with Gasteiger partial charge < -0.3 is 15.3 Å². The van der Waals surface area contributed by atoms with Gasteiger partial charge in [-0.05, 0) is 52.1 Å². The van der Waals surface area contributed by atoms with Gasteiger partial charge in [-0.1, -0.05) is 0 Å². The summed E-state index contributed by atoms with van der Waals surface area (Å²) in [6.07, 6.45) is 0.809. The van der Waals surface area contributed by atoms with Gasteiger partial charge in [-0.25, -0.2) is 0 Å². The van der Waals surface area contributed by atoms with Crippen LogP contribution in [0.2, 0.25) is 0 Å². The third-order valence-corrected chi connectivity index (χ3v) is 4.81. The van der Waals surface area contributed by atoms with E-state index in [1.807, 2.05) is 0 Å². The van der Waals surface area contributed by atoms with Gasteiger partial charge in [-0.2, -0.15) is 11.3 Å². The van der Waals surface area contributed by atoms with Crippen LogP contribution >= 0.6 is 23.7 Å². The molecule has 2 aromatic rings. The largest absolute Gasteiger partial charge is 0.504 e. The number of thiophene rings is 1. The lowest BCUT2D eigenvalue weighted by Gasteiger charge is -2.24. The maximum absolute atomic E-state index is 9.85. The molecule has 2 heterocycles. The Bertz CT molecular complexity index is 618. The molecule has 0 saturated carbocycles. The van der Waals surface area contributed by atoms with E-state index in [0.717, 1.165) is 30.6 Å². The molecule has 0 spiro atoms. The van der Waals surface area contributed by atoms with Crippen LogP contribution in [0.3, 0.4) is 0 Å². The highest BCUT2D eigenvalue weighted by Gasteiger charge is 2.26. The van der Waals surface area contributed by atoms with Gasteiger partial charge in [0.15, 0.2) is 11.5 Å². The van der Waals surface area contributed by atoms with Crippen LogP contribution in [0, 0.1) is 0 Å². The van der Waals surface area contributed by atoms with Crippen molar-refractivity contribution >= 4 is 23.7 Å². The van der Waals surface area contributed by atoms with Crippen LogP contribution in [0.4, 0.5) is 0 Å². The van der Waals surface area contributed by atoms with Crippen LogP contribution in [-0.2, 0) is 6.42 Å². The number of phenols is 2. The Hall–Kier alpha value is -1.27. The van der Waals surface area contributed by atoms with Crippen molar-refractivity contribution in [1.82, 2.24) is 4.90 Å². The van der Waals surface area contributed by atoms with E-state index < -0.39 is 0 Å². The predicted molar refractivity (Wildman–Crippen MR) is 90.4 cm³/mol. The van der Waals surface area contributed by atoms with Gasteiger partial charge in [0.05, 0.1) is 6.61 Å². The van der Waals surface area contributed by atoms with Gasteiger partial charge in [-0.3, -0.25) is 4.90 Å². The Balaban J connectivity index is 0.00000176. The molecule has 1 unspecified atom stereocenters. The third kappa shape index (κ3) is 3.38. The lowest BCUT2D eigenvalue weighted by atomic mass is 9.89. The average molecular weight is 342 g/mol. The molecule has 1 atom stereocenters. The van der Waals surface area contributed by atoms with Crippen molar-refractivity contribution in [2.24, 2.45) is 0 Å². The number of β-amino-alcohol motifs (C(OH)–C–C–N with tert-alkyl or cyclic N) is 1. The minimum absolute atomic E-state index is 0. The summed E-state index contributed by atoms with van der Waals surface area (Å²) < 4.78 is 0.